The number of nitrogens with one attached hydrogen (secondary N) is 1. The fraction of sp³-hybridized carbons (Fsp3) is 0.136. The molecule has 0 bridgehead atoms. The Balaban J connectivity index is 1.85. The third-order valence-corrected chi connectivity index (χ3v) is 4.78. The zero-order valence-electron chi connectivity index (χ0n) is 16.6. The highest BCUT2D eigenvalue weighted by Gasteiger charge is 2.28. The van der Waals surface area contributed by atoms with Gasteiger partial charge in [-0.3, -0.25) is 10.1 Å². The van der Waals surface area contributed by atoms with Crippen molar-refractivity contribution in [3.05, 3.63) is 82.8 Å². The third kappa shape index (κ3) is 3.62. The Bertz CT molecular complexity index is 1220. The summed E-state index contributed by atoms with van der Waals surface area (Å²) in [4.78, 5) is 26.1. The van der Waals surface area contributed by atoms with Gasteiger partial charge < -0.3 is 10.2 Å². The number of benzene rings is 2. The summed E-state index contributed by atoms with van der Waals surface area (Å²) in [5, 5.41) is 17.1. The average molecular weight is 400 g/mol. The summed E-state index contributed by atoms with van der Waals surface area (Å²) in [6.07, 6.45) is 2.97. The summed E-state index contributed by atoms with van der Waals surface area (Å²) >= 11 is 0. The highest BCUT2D eigenvalue weighted by molar-refractivity contribution is 5.96. The van der Waals surface area contributed by atoms with Gasteiger partial charge in [0.15, 0.2) is 0 Å². The monoisotopic (exact) mass is 400 g/mol. The van der Waals surface area contributed by atoms with Crippen LogP contribution >= 0.6 is 0 Å². The van der Waals surface area contributed by atoms with Gasteiger partial charge in [-0.15, -0.1) is 0 Å². The molecule has 0 unspecified atom stereocenters. The number of nitrogens with zero attached hydrogens (tertiary/aromatic N) is 5. The Labute approximate surface area is 173 Å². The number of rotatable bonds is 6. The van der Waals surface area contributed by atoms with Gasteiger partial charge >= 0.3 is 5.69 Å². The molecular formula is C22H20N6O2. The van der Waals surface area contributed by atoms with E-state index in [0.717, 1.165) is 22.0 Å². The van der Waals surface area contributed by atoms with Crippen molar-refractivity contribution < 1.29 is 4.92 Å². The van der Waals surface area contributed by atoms with Gasteiger partial charge in [-0.1, -0.05) is 36.4 Å². The summed E-state index contributed by atoms with van der Waals surface area (Å²) in [5.74, 6) is 0.807. The Morgan fingerprint density at radius 3 is 2.63 bits per heavy atom. The Kier molecular flexibility index (Phi) is 5.21. The van der Waals surface area contributed by atoms with E-state index in [4.69, 9.17) is 0 Å². The van der Waals surface area contributed by atoms with E-state index in [9.17, 15) is 10.1 Å². The standard InChI is InChI=1S/C22H20N6O2/c1-3-27(18-10-6-8-16-7-4-5-9-17(16)18)22-20(28(29)30)21(24-14-25-22)26-19-13-15(2)11-12-23-19/h4-14H,3H2,1-2H3,(H,23,24,25,26). The Morgan fingerprint density at radius 2 is 1.87 bits per heavy atom. The molecule has 0 fully saturated rings. The molecule has 30 heavy (non-hydrogen) atoms. The van der Waals surface area contributed by atoms with Crippen molar-refractivity contribution in [1.82, 2.24) is 15.0 Å². The van der Waals surface area contributed by atoms with Crippen LogP contribution in [-0.4, -0.2) is 26.4 Å². The number of fused-ring (bicyclic) bond motifs is 1. The zero-order chi connectivity index (χ0) is 21.1. The molecule has 0 aliphatic rings. The highest BCUT2D eigenvalue weighted by atomic mass is 16.6. The second kappa shape index (κ2) is 8.12. The van der Waals surface area contributed by atoms with E-state index in [1.807, 2.05) is 67.3 Å². The number of hydrogen-bond acceptors (Lipinski definition) is 7. The van der Waals surface area contributed by atoms with Crippen LogP contribution in [0.5, 0.6) is 0 Å². The average Bonchev–Trinajstić information content (AvgIpc) is 2.74. The largest absolute Gasteiger partial charge is 0.354 e. The lowest BCUT2D eigenvalue weighted by Gasteiger charge is -2.23. The number of pyridine rings is 1. The van der Waals surface area contributed by atoms with Gasteiger partial charge in [0.05, 0.1) is 10.6 Å². The lowest BCUT2D eigenvalue weighted by atomic mass is 10.1. The predicted octanol–water partition coefficient (Wildman–Crippen LogP) is 5.14. The van der Waals surface area contributed by atoms with E-state index in [1.54, 1.807) is 12.3 Å². The van der Waals surface area contributed by atoms with Crippen LogP contribution in [0.25, 0.3) is 10.8 Å². The van der Waals surface area contributed by atoms with E-state index in [1.165, 1.54) is 6.33 Å². The molecule has 2 aromatic heterocycles. The molecule has 0 aliphatic carbocycles. The van der Waals surface area contributed by atoms with Gasteiger partial charge in [0.1, 0.15) is 12.1 Å². The van der Waals surface area contributed by atoms with Crippen molar-refractivity contribution >= 4 is 39.6 Å². The first-order chi connectivity index (χ1) is 14.6. The fourth-order valence-corrected chi connectivity index (χ4v) is 3.43. The van der Waals surface area contributed by atoms with E-state index in [0.29, 0.717) is 12.4 Å². The van der Waals surface area contributed by atoms with Gasteiger partial charge in [-0.2, -0.15) is 0 Å². The SMILES string of the molecule is CCN(c1ncnc(Nc2cc(C)ccn2)c1[N+](=O)[O-])c1cccc2ccccc12. The second-order valence-electron chi connectivity index (χ2n) is 6.74. The van der Waals surface area contributed by atoms with E-state index in [-0.39, 0.29) is 17.3 Å². The van der Waals surface area contributed by atoms with Crippen molar-refractivity contribution in [3.8, 4) is 0 Å². The van der Waals surface area contributed by atoms with Gasteiger partial charge in [0.25, 0.3) is 0 Å². The first-order valence-electron chi connectivity index (χ1n) is 9.53. The smallest absolute Gasteiger partial charge is 0.320 e. The molecule has 8 heteroatoms. The maximum absolute atomic E-state index is 12.1. The minimum atomic E-state index is -0.457. The van der Waals surface area contributed by atoms with Crippen LogP contribution in [0.3, 0.4) is 0 Å². The molecule has 4 rings (SSSR count). The molecule has 0 spiro atoms. The molecule has 2 heterocycles. The van der Waals surface area contributed by atoms with Crippen LogP contribution in [0.2, 0.25) is 0 Å². The maximum Gasteiger partial charge on any atom is 0.354 e. The maximum atomic E-state index is 12.1. The van der Waals surface area contributed by atoms with Crippen molar-refractivity contribution in [1.29, 1.82) is 0 Å². The van der Waals surface area contributed by atoms with Crippen LogP contribution in [0.4, 0.5) is 28.8 Å². The number of hydrogen-bond donors (Lipinski definition) is 1. The van der Waals surface area contributed by atoms with E-state index < -0.39 is 4.92 Å². The van der Waals surface area contributed by atoms with Gasteiger partial charge in [-0.05, 0) is 43.0 Å². The molecule has 0 saturated heterocycles. The number of nitro groups is 1. The summed E-state index contributed by atoms with van der Waals surface area (Å²) in [5.41, 5.74) is 1.63. The normalized spacial score (nSPS) is 10.7. The molecular weight excluding hydrogens is 380 g/mol. The number of aromatic nitrogens is 3. The van der Waals surface area contributed by atoms with Crippen molar-refractivity contribution in [2.45, 2.75) is 13.8 Å². The van der Waals surface area contributed by atoms with Crippen molar-refractivity contribution in [2.75, 3.05) is 16.8 Å². The first-order valence-corrected chi connectivity index (χ1v) is 9.53. The predicted molar refractivity (Wildman–Crippen MR) is 118 cm³/mol. The summed E-state index contributed by atoms with van der Waals surface area (Å²) < 4.78 is 0. The van der Waals surface area contributed by atoms with Gasteiger partial charge in [0, 0.05) is 18.1 Å². The minimum Gasteiger partial charge on any atom is -0.320 e. The third-order valence-electron chi connectivity index (χ3n) is 4.78. The van der Waals surface area contributed by atoms with Crippen molar-refractivity contribution in [3.63, 3.8) is 0 Å². The first kappa shape index (κ1) is 19.3. The molecule has 1 N–H and O–H groups in total. The molecule has 0 atom stereocenters. The lowest BCUT2D eigenvalue weighted by molar-refractivity contribution is -0.383. The second-order valence-corrected chi connectivity index (χ2v) is 6.74. The molecule has 0 radical (unpaired) electrons. The lowest BCUT2D eigenvalue weighted by Crippen LogP contribution is -2.20. The topological polar surface area (TPSA) is 97.1 Å². The molecule has 0 aliphatic heterocycles. The quantitative estimate of drug-likeness (QED) is 0.353. The summed E-state index contributed by atoms with van der Waals surface area (Å²) in [7, 11) is 0. The van der Waals surface area contributed by atoms with Crippen LogP contribution in [-0.2, 0) is 0 Å². The highest BCUT2D eigenvalue weighted by Crippen LogP contribution is 2.39. The van der Waals surface area contributed by atoms with E-state index >= 15 is 0 Å². The molecule has 2 aromatic carbocycles. The van der Waals surface area contributed by atoms with Gasteiger partial charge in [0.2, 0.25) is 11.6 Å². The number of aryl methyl sites for hydroxylation is 1. The van der Waals surface area contributed by atoms with Gasteiger partial charge in [-0.25, -0.2) is 15.0 Å². The van der Waals surface area contributed by atoms with Crippen LogP contribution < -0.4 is 10.2 Å². The van der Waals surface area contributed by atoms with Crippen LogP contribution in [0.15, 0.2) is 67.1 Å². The number of anilines is 4. The van der Waals surface area contributed by atoms with E-state index in [2.05, 4.69) is 20.3 Å². The molecule has 0 saturated carbocycles. The summed E-state index contributed by atoms with van der Waals surface area (Å²) in [6, 6.07) is 17.5. The summed E-state index contributed by atoms with van der Waals surface area (Å²) in [6.45, 7) is 4.35. The molecule has 0 amide bonds. The van der Waals surface area contributed by atoms with Crippen LogP contribution in [0, 0.1) is 17.0 Å². The minimum absolute atomic E-state index is 0.0989. The van der Waals surface area contributed by atoms with Crippen LogP contribution in [0.1, 0.15) is 12.5 Å². The fourth-order valence-electron chi connectivity index (χ4n) is 3.43. The molecule has 150 valence electrons. The Morgan fingerprint density at radius 1 is 1.07 bits per heavy atom. The molecule has 4 aromatic rings. The molecule has 8 nitrogen and oxygen atoms in total. The zero-order valence-corrected chi connectivity index (χ0v) is 16.6. The van der Waals surface area contributed by atoms with Crippen molar-refractivity contribution in [2.24, 2.45) is 0 Å². The Hall–Kier alpha value is -4.07.